The summed E-state index contributed by atoms with van der Waals surface area (Å²) in [5, 5.41) is 3.38. The van der Waals surface area contributed by atoms with Gasteiger partial charge in [0.2, 0.25) is 0 Å². The van der Waals surface area contributed by atoms with Gasteiger partial charge in [-0.2, -0.15) is 0 Å². The van der Waals surface area contributed by atoms with Crippen LogP contribution in [0.1, 0.15) is 63.9 Å². The molecule has 1 fully saturated rings. The first-order valence-electron chi connectivity index (χ1n) is 7.49. The standard InChI is InChI=1S/C15H24IN3/c1-4-10-7-8-11(9-10)14-18-12(5-2)13(16)15(19-14)17-6-3/h10-11H,4-9H2,1-3H3,(H,17,18,19). The van der Waals surface area contributed by atoms with Crippen molar-refractivity contribution in [3.63, 3.8) is 0 Å². The van der Waals surface area contributed by atoms with Crippen molar-refractivity contribution < 1.29 is 0 Å². The van der Waals surface area contributed by atoms with Crippen LogP contribution in [0.2, 0.25) is 0 Å². The van der Waals surface area contributed by atoms with E-state index in [4.69, 9.17) is 9.97 Å². The van der Waals surface area contributed by atoms with Gasteiger partial charge in [0.15, 0.2) is 0 Å². The molecule has 1 aromatic rings. The molecule has 0 saturated heterocycles. The number of nitrogens with one attached hydrogen (secondary N) is 1. The molecule has 2 unspecified atom stereocenters. The Labute approximate surface area is 130 Å². The Balaban J connectivity index is 2.27. The van der Waals surface area contributed by atoms with Crippen molar-refractivity contribution in [1.29, 1.82) is 0 Å². The Morgan fingerprint density at radius 2 is 2.00 bits per heavy atom. The molecule has 4 heteroatoms. The second kappa shape index (κ2) is 6.86. The van der Waals surface area contributed by atoms with Gasteiger partial charge in [-0.25, -0.2) is 9.97 Å². The summed E-state index contributed by atoms with van der Waals surface area (Å²) in [5.41, 5.74) is 1.20. The lowest BCUT2D eigenvalue weighted by atomic mass is 10.0. The van der Waals surface area contributed by atoms with E-state index in [0.29, 0.717) is 5.92 Å². The van der Waals surface area contributed by atoms with Gasteiger partial charge in [0.05, 0.1) is 9.26 Å². The van der Waals surface area contributed by atoms with Crippen LogP contribution in [0.3, 0.4) is 0 Å². The Morgan fingerprint density at radius 1 is 1.21 bits per heavy atom. The fraction of sp³-hybridized carbons (Fsp3) is 0.733. The Kier molecular flexibility index (Phi) is 5.42. The van der Waals surface area contributed by atoms with Gasteiger partial charge in [-0.1, -0.05) is 20.3 Å². The number of anilines is 1. The number of rotatable bonds is 5. The van der Waals surface area contributed by atoms with E-state index in [-0.39, 0.29) is 0 Å². The molecule has 2 atom stereocenters. The number of aromatic nitrogens is 2. The van der Waals surface area contributed by atoms with Crippen LogP contribution >= 0.6 is 22.6 Å². The summed E-state index contributed by atoms with van der Waals surface area (Å²) in [4.78, 5) is 9.62. The molecular formula is C15H24IN3. The van der Waals surface area contributed by atoms with Crippen LogP contribution in [0.5, 0.6) is 0 Å². The molecular weight excluding hydrogens is 349 g/mol. The lowest BCUT2D eigenvalue weighted by Gasteiger charge is -2.15. The molecule has 19 heavy (non-hydrogen) atoms. The van der Waals surface area contributed by atoms with Crippen LogP contribution in [-0.2, 0) is 6.42 Å². The summed E-state index contributed by atoms with van der Waals surface area (Å²) in [6, 6.07) is 0. The van der Waals surface area contributed by atoms with Crippen molar-refractivity contribution >= 4 is 28.4 Å². The number of nitrogens with zero attached hydrogens (tertiary/aromatic N) is 2. The minimum atomic E-state index is 0.574. The maximum atomic E-state index is 4.83. The van der Waals surface area contributed by atoms with Crippen LogP contribution in [-0.4, -0.2) is 16.5 Å². The maximum absolute atomic E-state index is 4.83. The molecule has 1 saturated carbocycles. The smallest absolute Gasteiger partial charge is 0.143 e. The van der Waals surface area contributed by atoms with E-state index >= 15 is 0 Å². The van der Waals surface area contributed by atoms with Crippen LogP contribution in [0.15, 0.2) is 0 Å². The normalized spacial score (nSPS) is 22.7. The first-order chi connectivity index (χ1) is 9.19. The third-order valence-corrected chi connectivity index (χ3v) is 5.23. The minimum Gasteiger partial charge on any atom is -0.369 e. The van der Waals surface area contributed by atoms with Gasteiger partial charge >= 0.3 is 0 Å². The SMILES string of the molecule is CCNc1nc(C2CCC(CC)C2)nc(CC)c1I. The molecule has 3 nitrogen and oxygen atoms in total. The monoisotopic (exact) mass is 373 g/mol. The van der Waals surface area contributed by atoms with E-state index in [0.717, 1.165) is 30.5 Å². The van der Waals surface area contributed by atoms with E-state index in [1.165, 1.54) is 34.9 Å². The van der Waals surface area contributed by atoms with E-state index < -0.39 is 0 Å². The van der Waals surface area contributed by atoms with Crippen LogP contribution in [0.25, 0.3) is 0 Å². The Hall–Kier alpha value is -0.390. The van der Waals surface area contributed by atoms with Crippen molar-refractivity contribution in [3.8, 4) is 0 Å². The van der Waals surface area contributed by atoms with Gasteiger partial charge in [0.1, 0.15) is 11.6 Å². The van der Waals surface area contributed by atoms with Gasteiger partial charge in [-0.3, -0.25) is 0 Å². The summed E-state index contributed by atoms with van der Waals surface area (Å²) < 4.78 is 1.19. The molecule has 0 aliphatic heterocycles. The zero-order valence-corrected chi connectivity index (χ0v) is 14.3. The molecule has 0 amide bonds. The topological polar surface area (TPSA) is 37.8 Å². The third-order valence-electron chi connectivity index (χ3n) is 4.10. The zero-order chi connectivity index (χ0) is 13.8. The predicted octanol–water partition coefficient (Wildman–Crippen LogP) is 4.37. The first-order valence-corrected chi connectivity index (χ1v) is 8.57. The second-order valence-corrected chi connectivity index (χ2v) is 6.44. The number of hydrogen-bond acceptors (Lipinski definition) is 3. The average molecular weight is 373 g/mol. The van der Waals surface area contributed by atoms with E-state index in [1.54, 1.807) is 0 Å². The van der Waals surface area contributed by atoms with E-state index in [2.05, 4.69) is 48.7 Å². The molecule has 106 valence electrons. The van der Waals surface area contributed by atoms with Crippen molar-refractivity contribution in [2.24, 2.45) is 5.92 Å². The highest BCUT2D eigenvalue weighted by Crippen LogP contribution is 2.39. The van der Waals surface area contributed by atoms with Crippen molar-refractivity contribution in [1.82, 2.24) is 9.97 Å². The summed E-state index contributed by atoms with van der Waals surface area (Å²) in [6.07, 6.45) is 6.14. The second-order valence-electron chi connectivity index (χ2n) is 5.36. The number of aryl methyl sites for hydroxylation is 1. The number of halogens is 1. The molecule has 1 aromatic heterocycles. The molecule has 0 aromatic carbocycles. The van der Waals surface area contributed by atoms with Crippen LogP contribution in [0.4, 0.5) is 5.82 Å². The lowest BCUT2D eigenvalue weighted by molar-refractivity contribution is 0.516. The fourth-order valence-corrected chi connectivity index (χ4v) is 3.71. The predicted molar refractivity (Wildman–Crippen MR) is 88.7 cm³/mol. The van der Waals surface area contributed by atoms with Gasteiger partial charge in [0, 0.05) is 12.5 Å². The summed E-state index contributed by atoms with van der Waals surface area (Å²) in [5.74, 6) is 3.55. The minimum absolute atomic E-state index is 0.574. The highest BCUT2D eigenvalue weighted by atomic mass is 127. The average Bonchev–Trinajstić information content (AvgIpc) is 2.90. The molecule has 0 radical (unpaired) electrons. The highest BCUT2D eigenvalue weighted by Gasteiger charge is 2.27. The summed E-state index contributed by atoms with van der Waals surface area (Å²) >= 11 is 2.37. The van der Waals surface area contributed by atoms with Crippen LogP contribution < -0.4 is 5.32 Å². The Morgan fingerprint density at radius 3 is 2.58 bits per heavy atom. The Bertz CT molecular complexity index is 434. The zero-order valence-electron chi connectivity index (χ0n) is 12.2. The summed E-state index contributed by atoms with van der Waals surface area (Å²) in [7, 11) is 0. The van der Waals surface area contributed by atoms with Crippen molar-refractivity contribution in [3.05, 3.63) is 15.1 Å². The molecule has 1 aliphatic rings. The largest absolute Gasteiger partial charge is 0.369 e. The van der Waals surface area contributed by atoms with Gasteiger partial charge < -0.3 is 5.32 Å². The third kappa shape index (κ3) is 3.38. The van der Waals surface area contributed by atoms with Crippen molar-refractivity contribution in [2.75, 3.05) is 11.9 Å². The molecule has 0 spiro atoms. The van der Waals surface area contributed by atoms with Gasteiger partial charge in [0.25, 0.3) is 0 Å². The van der Waals surface area contributed by atoms with E-state index in [9.17, 15) is 0 Å². The first kappa shape index (κ1) is 15.0. The lowest BCUT2D eigenvalue weighted by Crippen LogP contribution is -2.11. The maximum Gasteiger partial charge on any atom is 0.143 e. The molecule has 2 rings (SSSR count). The summed E-state index contributed by atoms with van der Waals surface area (Å²) in [6.45, 7) is 7.50. The van der Waals surface area contributed by atoms with E-state index in [1.807, 2.05) is 0 Å². The quantitative estimate of drug-likeness (QED) is 0.779. The molecule has 0 bridgehead atoms. The van der Waals surface area contributed by atoms with Crippen LogP contribution in [0, 0.1) is 9.49 Å². The van der Waals surface area contributed by atoms with Gasteiger partial charge in [-0.15, -0.1) is 0 Å². The highest BCUT2D eigenvalue weighted by molar-refractivity contribution is 14.1. The fourth-order valence-electron chi connectivity index (χ4n) is 2.89. The number of hydrogen-bond donors (Lipinski definition) is 1. The van der Waals surface area contributed by atoms with Crippen molar-refractivity contribution in [2.45, 2.75) is 58.8 Å². The van der Waals surface area contributed by atoms with Gasteiger partial charge in [-0.05, 0) is 61.1 Å². The molecule has 1 aliphatic carbocycles. The molecule has 1 heterocycles. The molecule has 1 N–H and O–H groups in total.